The molecule has 0 saturated heterocycles. The van der Waals surface area contributed by atoms with Crippen LogP contribution >= 0.6 is 0 Å². The van der Waals surface area contributed by atoms with Gasteiger partial charge in [0, 0.05) is 13.2 Å². The number of sulfonamides is 1. The van der Waals surface area contributed by atoms with E-state index >= 15 is 0 Å². The van der Waals surface area contributed by atoms with E-state index in [1.165, 1.54) is 6.07 Å². The van der Waals surface area contributed by atoms with Gasteiger partial charge in [-0.25, -0.2) is 13.6 Å². The molecule has 0 aliphatic rings. The average molecular weight is 267 g/mol. The first kappa shape index (κ1) is 12.4. The average Bonchev–Trinajstić information content (AvgIpc) is 2.65. The maximum atomic E-state index is 11.3. The summed E-state index contributed by atoms with van der Waals surface area (Å²) in [6.45, 7) is 0. The van der Waals surface area contributed by atoms with Gasteiger partial charge in [-0.1, -0.05) is 6.07 Å². The molecule has 2 rings (SSSR count). The molecule has 0 bridgehead atoms. The minimum absolute atomic E-state index is 0.0869. The van der Waals surface area contributed by atoms with Crippen LogP contribution in [0.4, 0.5) is 17.1 Å². The highest BCUT2D eigenvalue weighted by Gasteiger charge is 2.14. The molecule has 0 atom stereocenters. The highest BCUT2D eigenvalue weighted by atomic mass is 32.2. The number of rotatable bonds is 3. The Balaban J connectivity index is 2.41. The van der Waals surface area contributed by atoms with Crippen molar-refractivity contribution in [2.45, 2.75) is 4.90 Å². The lowest BCUT2D eigenvalue weighted by Gasteiger charge is -2.10. The number of anilines is 3. The predicted octanol–water partition coefficient (Wildman–Crippen LogP) is 0.393. The Bertz CT molecular complexity index is 677. The fraction of sp³-hybridized carbons (Fsp3) is 0.100. The summed E-state index contributed by atoms with van der Waals surface area (Å²) in [6, 6.07) is 4.59. The normalized spacial score (nSPS) is 11.4. The van der Waals surface area contributed by atoms with Crippen molar-refractivity contribution in [2.24, 2.45) is 12.2 Å². The Hall–Kier alpha value is -2.06. The molecule has 0 unspecified atom stereocenters. The summed E-state index contributed by atoms with van der Waals surface area (Å²) in [4.78, 5) is -0.101. The SMILES string of the molecule is Cn1cc(Nc2cccc(S(N)(=O)=O)c2N)cn1. The topological polar surface area (TPSA) is 116 Å². The van der Waals surface area contributed by atoms with Crippen LogP contribution in [-0.2, 0) is 17.1 Å². The van der Waals surface area contributed by atoms with Gasteiger partial charge in [-0.15, -0.1) is 0 Å². The van der Waals surface area contributed by atoms with Crippen molar-refractivity contribution in [2.75, 3.05) is 11.1 Å². The zero-order valence-electron chi connectivity index (χ0n) is 9.66. The van der Waals surface area contributed by atoms with Gasteiger partial charge in [0.1, 0.15) is 4.90 Å². The molecule has 5 N–H and O–H groups in total. The van der Waals surface area contributed by atoms with Crippen molar-refractivity contribution in [3.8, 4) is 0 Å². The van der Waals surface area contributed by atoms with Crippen molar-refractivity contribution in [1.82, 2.24) is 9.78 Å². The maximum absolute atomic E-state index is 11.3. The van der Waals surface area contributed by atoms with Crippen molar-refractivity contribution in [1.29, 1.82) is 0 Å². The number of primary sulfonamides is 1. The Morgan fingerprint density at radius 3 is 2.67 bits per heavy atom. The molecule has 0 fully saturated rings. The first-order valence-electron chi connectivity index (χ1n) is 5.05. The van der Waals surface area contributed by atoms with E-state index in [2.05, 4.69) is 10.4 Å². The molecule has 0 spiro atoms. The van der Waals surface area contributed by atoms with Gasteiger partial charge in [0.15, 0.2) is 0 Å². The summed E-state index contributed by atoms with van der Waals surface area (Å²) in [5.74, 6) is 0. The number of aryl methyl sites for hydroxylation is 1. The van der Waals surface area contributed by atoms with Crippen LogP contribution in [0.2, 0.25) is 0 Å². The summed E-state index contributed by atoms with van der Waals surface area (Å²) in [6.07, 6.45) is 3.34. The van der Waals surface area contributed by atoms with Gasteiger partial charge >= 0.3 is 0 Å². The van der Waals surface area contributed by atoms with E-state index in [9.17, 15) is 8.42 Å². The Labute approximate surface area is 104 Å². The number of para-hydroxylation sites is 1. The van der Waals surface area contributed by atoms with Crippen LogP contribution in [0.1, 0.15) is 0 Å². The number of nitrogens with two attached hydrogens (primary N) is 2. The molecule has 8 heteroatoms. The Morgan fingerprint density at radius 2 is 2.11 bits per heavy atom. The Morgan fingerprint density at radius 1 is 1.39 bits per heavy atom. The van der Waals surface area contributed by atoms with E-state index in [0.29, 0.717) is 11.4 Å². The fourth-order valence-corrected chi connectivity index (χ4v) is 2.23. The van der Waals surface area contributed by atoms with Crippen LogP contribution in [0.25, 0.3) is 0 Å². The van der Waals surface area contributed by atoms with Crippen LogP contribution in [0.15, 0.2) is 35.5 Å². The molecule has 0 aliphatic carbocycles. The van der Waals surface area contributed by atoms with E-state index in [1.807, 2.05) is 0 Å². The zero-order valence-corrected chi connectivity index (χ0v) is 10.5. The lowest BCUT2D eigenvalue weighted by atomic mass is 10.2. The van der Waals surface area contributed by atoms with Gasteiger partial charge in [0.25, 0.3) is 0 Å². The van der Waals surface area contributed by atoms with Crippen LogP contribution in [-0.4, -0.2) is 18.2 Å². The van der Waals surface area contributed by atoms with Gasteiger partial charge in [-0.05, 0) is 12.1 Å². The van der Waals surface area contributed by atoms with Crippen molar-refractivity contribution < 1.29 is 8.42 Å². The maximum Gasteiger partial charge on any atom is 0.240 e. The standard InChI is InChI=1S/C10H13N5O2S/c1-15-6-7(5-13-15)14-8-3-2-4-9(10(8)11)18(12,16)17/h2-6,14H,11H2,1H3,(H2,12,16,17). The van der Waals surface area contributed by atoms with Crippen molar-refractivity contribution in [3.05, 3.63) is 30.6 Å². The van der Waals surface area contributed by atoms with Crippen LogP contribution in [0.5, 0.6) is 0 Å². The summed E-state index contributed by atoms with van der Waals surface area (Å²) in [7, 11) is -2.06. The lowest BCUT2D eigenvalue weighted by Crippen LogP contribution is -2.15. The molecule has 18 heavy (non-hydrogen) atoms. The summed E-state index contributed by atoms with van der Waals surface area (Å²) in [5.41, 5.74) is 7.03. The second kappa shape index (κ2) is 4.31. The van der Waals surface area contributed by atoms with Gasteiger partial charge < -0.3 is 11.1 Å². The number of nitrogens with zero attached hydrogens (tertiary/aromatic N) is 2. The van der Waals surface area contributed by atoms with E-state index < -0.39 is 10.0 Å². The third-order valence-electron chi connectivity index (χ3n) is 2.36. The molecule has 96 valence electrons. The third-order valence-corrected chi connectivity index (χ3v) is 3.33. The first-order valence-corrected chi connectivity index (χ1v) is 6.59. The van der Waals surface area contributed by atoms with Gasteiger partial charge in [-0.2, -0.15) is 5.10 Å². The molecule has 1 heterocycles. The molecule has 0 aliphatic heterocycles. The monoisotopic (exact) mass is 267 g/mol. The third kappa shape index (κ3) is 2.44. The largest absolute Gasteiger partial charge is 0.396 e. The van der Waals surface area contributed by atoms with Gasteiger partial charge in [0.2, 0.25) is 10.0 Å². The molecule has 1 aromatic carbocycles. The zero-order chi connectivity index (χ0) is 13.3. The minimum atomic E-state index is -3.83. The number of aromatic nitrogens is 2. The van der Waals surface area contributed by atoms with Crippen LogP contribution in [0, 0.1) is 0 Å². The number of hydrogen-bond donors (Lipinski definition) is 3. The van der Waals surface area contributed by atoms with E-state index in [4.69, 9.17) is 10.9 Å². The molecular weight excluding hydrogens is 254 g/mol. The smallest absolute Gasteiger partial charge is 0.240 e. The van der Waals surface area contributed by atoms with E-state index in [-0.39, 0.29) is 10.6 Å². The first-order chi connectivity index (χ1) is 8.38. The summed E-state index contributed by atoms with van der Waals surface area (Å²) >= 11 is 0. The van der Waals surface area contributed by atoms with Crippen molar-refractivity contribution >= 4 is 27.1 Å². The Kier molecular flexibility index (Phi) is 2.97. The van der Waals surface area contributed by atoms with Crippen LogP contribution in [0.3, 0.4) is 0 Å². The number of nitrogens with one attached hydrogen (secondary N) is 1. The molecule has 7 nitrogen and oxygen atoms in total. The lowest BCUT2D eigenvalue weighted by molar-refractivity contribution is 0.598. The predicted molar refractivity (Wildman–Crippen MR) is 68.7 cm³/mol. The van der Waals surface area contributed by atoms with E-state index in [0.717, 1.165) is 0 Å². The van der Waals surface area contributed by atoms with Gasteiger partial charge in [0.05, 0.1) is 23.3 Å². The highest BCUT2D eigenvalue weighted by Crippen LogP contribution is 2.28. The molecular formula is C10H13N5O2S. The molecule has 1 aromatic heterocycles. The van der Waals surface area contributed by atoms with Crippen molar-refractivity contribution in [3.63, 3.8) is 0 Å². The second-order valence-corrected chi connectivity index (χ2v) is 5.32. The van der Waals surface area contributed by atoms with Crippen LogP contribution < -0.4 is 16.2 Å². The van der Waals surface area contributed by atoms with Gasteiger partial charge in [-0.3, -0.25) is 4.68 Å². The molecule has 0 saturated carbocycles. The summed E-state index contributed by atoms with van der Waals surface area (Å²) < 4.78 is 24.2. The van der Waals surface area contributed by atoms with E-state index in [1.54, 1.807) is 36.3 Å². The quantitative estimate of drug-likeness (QED) is 0.696. The highest BCUT2D eigenvalue weighted by molar-refractivity contribution is 7.89. The number of nitrogen functional groups attached to an aromatic ring is 1. The summed E-state index contributed by atoms with van der Waals surface area (Å²) in [5, 5.41) is 12.0. The molecule has 2 aromatic rings. The molecule has 0 radical (unpaired) electrons. The fourth-order valence-electron chi connectivity index (χ4n) is 1.54. The number of hydrogen-bond acceptors (Lipinski definition) is 5. The molecule has 0 amide bonds. The second-order valence-electron chi connectivity index (χ2n) is 3.79. The number of benzene rings is 1. The minimum Gasteiger partial charge on any atom is -0.396 e.